The Bertz CT molecular complexity index is 824. The predicted molar refractivity (Wildman–Crippen MR) is 95.3 cm³/mol. The summed E-state index contributed by atoms with van der Waals surface area (Å²) < 4.78 is 7.94. The molecule has 0 spiro atoms. The number of carbonyl (C=O) groups excluding carboxylic acids is 1. The van der Waals surface area contributed by atoms with Gasteiger partial charge in [0.1, 0.15) is 17.9 Å². The van der Waals surface area contributed by atoms with Crippen LogP contribution in [0.15, 0.2) is 24.5 Å². The summed E-state index contributed by atoms with van der Waals surface area (Å²) in [7, 11) is 0. The molecule has 26 heavy (non-hydrogen) atoms. The molecular weight excluding hydrogens is 330 g/mol. The second-order valence-corrected chi connectivity index (χ2v) is 6.47. The molecule has 7 heteroatoms. The van der Waals surface area contributed by atoms with E-state index in [1.165, 1.54) is 6.20 Å². The number of nitrogens with zero attached hydrogens (tertiary/aromatic N) is 4. The number of ether oxygens (including phenoxy) is 1. The highest BCUT2D eigenvalue weighted by Gasteiger charge is 2.30. The number of aromatic nitrogens is 3. The van der Waals surface area contributed by atoms with Crippen molar-refractivity contribution in [1.29, 1.82) is 5.26 Å². The predicted octanol–water partition coefficient (Wildman–Crippen LogP) is 2.38. The van der Waals surface area contributed by atoms with Crippen LogP contribution in [0.3, 0.4) is 0 Å². The van der Waals surface area contributed by atoms with Gasteiger partial charge in [0.05, 0.1) is 11.3 Å². The molecule has 2 aromatic heterocycles. The Kier molecular flexibility index (Phi) is 5.64. The zero-order valence-electron chi connectivity index (χ0n) is 15.1. The van der Waals surface area contributed by atoms with E-state index in [-0.39, 0.29) is 17.9 Å². The van der Waals surface area contributed by atoms with Gasteiger partial charge < -0.3 is 10.1 Å². The number of hydrogen-bond donors (Lipinski definition) is 1. The number of carbonyl (C=O) groups is 1. The minimum absolute atomic E-state index is 0.0674. The highest BCUT2D eigenvalue weighted by Crippen LogP contribution is 2.33. The van der Waals surface area contributed by atoms with Gasteiger partial charge in [-0.25, -0.2) is 4.98 Å². The first-order valence-electron chi connectivity index (χ1n) is 8.92. The smallest absolute Gasteiger partial charge is 0.269 e. The Morgan fingerprint density at radius 1 is 1.54 bits per heavy atom. The normalized spacial score (nSPS) is 19.7. The second kappa shape index (κ2) is 8.11. The van der Waals surface area contributed by atoms with Gasteiger partial charge in [-0.3, -0.25) is 9.48 Å². The highest BCUT2D eigenvalue weighted by molar-refractivity contribution is 5.92. The van der Waals surface area contributed by atoms with E-state index in [2.05, 4.69) is 28.4 Å². The largest absolute Gasteiger partial charge is 0.372 e. The van der Waals surface area contributed by atoms with E-state index in [0.717, 1.165) is 37.3 Å². The van der Waals surface area contributed by atoms with Crippen molar-refractivity contribution < 1.29 is 9.53 Å². The standard InChI is InChI=1S/C19H23N5O2/c1-3-24-17(6-7-23-24)18-14(5-4-8-26-18)11-22-19(25)16-9-13(2)15(10-20)12-21-16/h6-7,9,12,14,18H,3-5,8,11H2,1-2H3,(H,22,25)/t14-,18+/m0/s1. The molecule has 1 aliphatic heterocycles. The number of nitrogens with one attached hydrogen (secondary N) is 1. The van der Waals surface area contributed by atoms with Gasteiger partial charge >= 0.3 is 0 Å². The summed E-state index contributed by atoms with van der Waals surface area (Å²) in [5, 5.41) is 16.3. The van der Waals surface area contributed by atoms with E-state index in [1.54, 1.807) is 19.2 Å². The summed E-state index contributed by atoms with van der Waals surface area (Å²) in [6.07, 6.45) is 5.12. The molecule has 0 unspecified atom stereocenters. The molecule has 0 aromatic carbocycles. The van der Waals surface area contributed by atoms with Crippen LogP contribution in [0.25, 0.3) is 0 Å². The molecular formula is C19H23N5O2. The van der Waals surface area contributed by atoms with Crippen LogP contribution in [0.2, 0.25) is 0 Å². The monoisotopic (exact) mass is 353 g/mol. The number of amides is 1. The lowest BCUT2D eigenvalue weighted by Crippen LogP contribution is -2.36. The van der Waals surface area contributed by atoms with Crippen LogP contribution in [-0.2, 0) is 11.3 Å². The lowest BCUT2D eigenvalue weighted by molar-refractivity contribution is -0.0321. The molecule has 3 rings (SSSR count). The molecule has 0 radical (unpaired) electrons. The first kappa shape index (κ1) is 18.1. The van der Waals surface area contributed by atoms with Crippen molar-refractivity contribution in [3.63, 3.8) is 0 Å². The molecule has 0 saturated carbocycles. The van der Waals surface area contributed by atoms with Crippen molar-refractivity contribution in [1.82, 2.24) is 20.1 Å². The number of hydrogen-bond acceptors (Lipinski definition) is 5. The number of nitriles is 1. The fraction of sp³-hybridized carbons (Fsp3) is 0.474. The first-order valence-corrected chi connectivity index (χ1v) is 8.92. The maximum absolute atomic E-state index is 12.4. The summed E-state index contributed by atoms with van der Waals surface area (Å²) in [4.78, 5) is 16.5. The fourth-order valence-electron chi connectivity index (χ4n) is 3.34. The van der Waals surface area contributed by atoms with Gasteiger partial charge in [0.2, 0.25) is 0 Å². The molecule has 136 valence electrons. The molecule has 2 atom stereocenters. The minimum Gasteiger partial charge on any atom is -0.372 e. The van der Waals surface area contributed by atoms with Crippen LogP contribution < -0.4 is 5.32 Å². The molecule has 0 bridgehead atoms. The third kappa shape index (κ3) is 3.75. The molecule has 7 nitrogen and oxygen atoms in total. The molecule has 3 heterocycles. The fourth-order valence-corrected chi connectivity index (χ4v) is 3.34. The van der Waals surface area contributed by atoms with Crippen molar-refractivity contribution in [3.05, 3.63) is 47.0 Å². The van der Waals surface area contributed by atoms with Gasteiger partial charge in [0.15, 0.2) is 0 Å². The van der Waals surface area contributed by atoms with Gasteiger partial charge in [-0.2, -0.15) is 10.4 Å². The van der Waals surface area contributed by atoms with E-state index in [1.807, 2.05) is 10.7 Å². The van der Waals surface area contributed by atoms with Gasteiger partial charge in [0.25, 0.3) is 5.91 Å². The van der Waals surface area contributed by atoms with E-state index in [4.69, 9.17) is 10.00 Å². The Balaban J connectivity index is 1.68. The maximum atomic E-state index is 12.4. The quantitative estimate of drug-likeness (QED) is 0.891. The highest BCUT2D eigenvalue weighted by atomic mass is 16.5. The summed E-state index contributed by atoms with van der Waals surface area (Å²) in [5.41, 5.74) is 2.61. The minimum atomic E-state index is -0.231. The maximum Gasteiger partial charge on any atom is 0.269 e. The lowest BCUT2D eigenvalue weighted by Gasteiger charge is -2.32. The lowest BCUT2D eigenvalue weighted by atomic mass is 9.92. The zero-order valence-corrected chi connectivity index (χ0v) is 15.1. The van der Waals surface area contributed by atoms with E-state index >= 15 is 0 Å². The van der Waals surface area contributed by atoms with E-state index in [0.29, 0.717) is 17.8 Å². The van der Waals surface area contributed by atoms with Crippen LogP contribution >= 0.6 is 0 Å². The number of rotatable bonds is 5. The van der Waals surface area contributed by atoms with Crippen LogP contribution in [0, 0.1) is 24.2 Å². The molecule has 1 fully saturated rings. The number of pyridine rings is 1. The van der Waals surface area contributed by atoms with Gasteiger partial charge in [-0.1, -0.05) is 0 Å². The molecule has 0 aliphatic carbocycles. The molecule has 1 amide bonds. The van der Waals surface area contributed by atoms with Crippen LogP contribution in [-0.4, -0.2) is 33.8 Å². The van der Waals surface area contributed by atoms with E-state index < -0.39 is 0 Å². The summed E-state index contributed by atoms with van der Waals surface area (Å²) >= 11 is 0. The van der Waals surface area contributed by atoms with Crippen molar-refractivity contribution >= 4 is 5.91 Å². The van der Waals surface area contributed by atoms with Crippen LogP contribution in [0.5, 0.6) is 0 Å². The molecule has 2 aromatic rings. The summed E-state index contributed by atoms with van der Waals surface area (Å²) in [6, 6.07) is 5.69. The summed E-state index contributed by atoms with van der Waals surface area (Å²) in [6.45, 7) is 5.87. The molecule has 1 aliphatic rings. The van der Waals surface area contributed by atoms with Crippen LogP contribution in [0.4, 0.5) is 0 Å². The Hall–Kier alpha value is -2.72. The van der Waals surface area contributed by atoms with Crippen molar-refractivity contribution in [2.45, 2.75) is 39.3 Å². The third-order valence-corrected chi connectivity index (χ3v) is 4.77. The second-order valence-electron chi connectivity index (χ2n) is 6.47. The zero-order chi connectivity index (χ0) is 18.5. The van der Waals surface area contributed by atoms with Gasteiger partial charge in [-0.15, -0.1) is 0 Å². The van der Waals surface area contributed by atoms with Crippen molar-refractivity contribution in [3.8, 4) is 6.07 Å². The van der Waals surface area contributed by atoms with E-state index in [9.17, 15) is 4.79 Å². The number of aryl methyl sites for hydroxylation is 2. The topological polar surface area (TPSA) is 92.8 Å². The Morgan fingerprint density at radius 3 is 3.12 bits per heavy atom. The van der Waals surface area contributed by atoms with Crippen LogP contribution in [0.1, 0.15) is 53.2 Å². The SMILES string of the molecule is CCn1nccc1[C@@H]1OCCC[C@H]1CNC(=O)c1cc(C)c(C#N)cn1. The molecule has 1 saturated heterocycles. The average Bonchev–Trinajstić information content (AvgIpc) is 3.14. The van der Waals surface area contributed by atoms with Crippen molar-refractivity contribution in [2.24, 2.45) is 5.92 Å². The summed E-state index contributed by atoms with van der Waals surface area (Å²) in [5.74, 6) is -0.0416. The average molecular weight is 353 g/mol. The van der Waals surface area contributed by atoms with Gasteiger partial charge in [-0.05, 0) is 44.4 Å². The van der Waals surface area contributed by atoms with Gasteiger partial charge in [0, 0.05) is 38.0 Å². The molecule has 1 N–H and O–H groups in total. The van der Waals surface area contributed by atoms with Crippen molar-refractivity contribution in [2.75, 3.05) is 13.2 Å². The Labute approximate surface area is 153 Å². The third-order valence-electron chi connectivity index (χ3n) is 4.77. The Morgan fingerprint density at radius 2 is 2.38 bits per heavy atom. The first-order chi connectivity index (χ1) is 12.6.